The van der Waals surface area contributed by atoms with E-state index in [1.165, 1.54) is 6.26 Å². The van der Waals surface area contributed by atoms with E-state index in [9.17, 15) is 4.79 Å². The minimum atomic E-state index is -0.284. The monoisotopic (exact) mass is 442 g/mol. The van der Waals surface area contributed by atoms with Gasteiger partial charge in [-0.1, -0.05) is 29.3 Å². The molecule has 0 aliphatic carbocycles. The van der Waals surface area contributed by atoms with Crippen LogP contribution in [0.3, 0.4) is 0 Å². The topological polar surface area (TPSA) is 57.9 Å². The van der Waals surface area contributed by atoms with E-state index in [1.54, 1.807) is 67.8 Å². The van der Waals surface area contributed by atoms with Crippen molar-refractivity contribution in [1.29, 1.82) is 0 Å². The molecule has 152 valence electrons. The van der Waals surface area contributed by atoms with Crippen molar-refractivity contribution in [2.24, 2.45) is 0 Å². The summed E-state index contributed by atoms with van der Waals surface area (Å²) in [6.07, 6.45) is 1.28. The maximum atomic E-state index is 12.8. The van der Waals surface area contributed by atoms with E-state index in [2.05, 4.69) is 0 Å². The highest BCUT2D eigenvalue weighted by atomic mass is 35.5. The van der Waals surface area contributed by atoms with Gasteiger partial charge in [0.2, 0.25) is 11.2 Å². The van der Waals surface area contributed by atoms with E-state index in [0.29, 0.717) is 43.8 Å². The third kappa shape index (κ3) is 4.22. The lowest BCUT2D eigenvalue weighted by atomic mass is 10.2. The number of ether oxygens (including phenoxy) is 3. The van der Waals surface area contributed by atoms with Gasteiger partial charge in [-0.25, -0.2) is 0 Å². The van der Waals surface area contributed by atoms with E-state index in [-0.39, 0.29) is 17.8 Å². The number of benzene rings is 3. The van der Waals surface area contributed by atoms with Crippen LogP contribution in [0.2, 0.25) is 10.0 Å². The summed E-state index contributed by atoms with van der Waals surface area (Å²) in [7, 11) is 1.58. The van der Waals surface area contributed by atoms with E-state index < -0.39 is 0 Å². The molecule has 1 heterocycles. The Bertz CT molecular complexity index is 1230. The summed E-state index contributed by atoms with van der Waals surface area (Å²) in [5.41, 5.74) is 0.781. The molecule has 7 heteroatoms. The predicted octanol–water partition coefficient (Wildman–Crippen LogP) is 6.48. The second kappa shape index (κ2) is 8.69. The second-order valence-corrected chi connectivity index (χ2v) is 7.17. The fourth-order valence-corrected chi connectivity index (χ4v) is 3.35. The quantitative estimate of drug-likeness (QED) is 0.341. The Labute approximate surface area is 182 Å². The van der Waals surface area contributed by atoms with Crippen molar-refractivity contribution in [3.05, 3.63) is 92.8 Å². The molecule has 0 fully saturated rings. The molecule has 4 rings (SSSR count). The molecule has 0 radical (unpaired) electrons. The zero-order valence-electron chi connectivity index (χ0n) is 15.9. The molecule has 1 aromatic heterocycles. The SMILES string of the molecule is COc1ccc(Oc2coc3cc(OCc4c(Cl)cccc4Cl)ccc3c2=O)cc1. The van der Waals surface area contributed by atoms with E-state index in [0.717, 1.165) is 0 Å². The first-order valence-corrected chi connectivity index (χ1v) is 9.74. The van der Waals surface area contributed by atoms with Crippen molar-refractivity contribution in [2.75, 3.05) is 7.11 Å². The van der Waals surface area contributed by atoms with Crippen LogP contribution in [0.5, 0.6) is 23.0 Å². The summed E-state index contributed by atoms with van der Waals surface area (Å²) in [6, 6.07) is 17.1. The molecule has 0 N–H and O–H groups in total. The normalized spacial score (nSPS) is 10.8. The molecule has 0 spiro atoms. The summed E-state index contributed by atoms with van der Waals surface area (Å²) < 4.78 is 22.1. The highest BCUT2D eigenvalue weighted by Crippen LogP contribution is 2.28. The van der Waals surface area contributed by atoms with Crippen molar-refractivity contribution >= 4 is 34.2 Å². The molecule has 4 aromatic rings. The van der Waals surface area contributed by atoms with Crippen molar-refractivity contribution in [3.63, 3.8) is 0 Å². The van der Waals surface area contributed by atoms with Gasteiger partial charge in [-0.3, -0.25) is 4.79 Å². The summed E-state index contributed by atoms with van der Waals surface area (Å²) in [6.45, 7) is 0.187. The van der Waals surface area contributed by atoms with Crippen LogP contribution >= 0.6 is 23.2 Å². The van der Waals surface area contributed by atoms with Crippen LogP contribution in [0.15, 0.2) is 76.1 Å². The van der Waals surface area contributed by atoms with Gasteiger partial charge in [-0.2, -0.15) is 0 Å². The van der Waals surface area contributed by atoms with E-state index >= 15 is 0 Å². The molecule has 0 atom stereocenters. The van der Waals surface area contributed by atoms with Crippen LogP contribution in [-0.2, 0) is 6.61 Å². The van der Waals surface area contributed by atoms with Gasteiger partial charge in [0.1, 0.15) is 35.7 Å². The lowest BCUT2D eigenvalue weighted by Gasteiger charge is -2.10. The number of methoxy groups -OCH3 is 1. The molecular weight excluding hydrogens is 427 g/mol. The average Bonchev–Trinajstić information content (AvgIpc) is 2.76. The Morgan fingerprint density at radius 2 is 1.57 bits per heavy atom. The molecule has 0 amide bonds. The van der Waals surface area contributed by atoms with Gasteiger partial charge in [0, 0.05) is 21.7 Å². The summed E-state index contributed by atoms with van der Waals surface area (Å²) >= 11 is 12.3. The molecule has 0 saturated carbocycles. The molecule has 5 nitrogen and oxygen atoms in total. The maximum absolute atomic E-state index is 12.8. The smallest absolute Gasteiger partial charge is 0.235 e. The van der Waals surface area contributed by atoms with Crippen LogP contribution in [0, 0.1) is 0 Å². The lowest BCUT2D eigenvalue weighted by Crippen LogP contribution is -2.05. The summed E-state index contributed by atoms with van der Waals surface area (Å²) in [4.78, 5) is 12.8. The molecule has 0 saturated heterocycles. The maximum Gasteiger partial charge on any atom is 0.235 e. The third-order valence-electron chi connectivity index (χ3n) is 4.45. The minimum absolute atomic E-state index is 0.0872. The van der Waals surface area contributed by atoms with E-state index in [4.69, 9.17) is 41.8 Å². The first-order chi connectivity index (χ1) is 14.5. The number of hydrogen-bond donors (Lipinski definition) is 0. The van der Waals surface area contributed by atoms with Gasteiger partial charge in [0.25, 0.3) is 0 Å². The second-order valence-electron chi connectivity index (χ2n) is 6.35. The molecule has 0 bridgehead atoms. The third-order valence-corrected chi connectivity index (χ3v) is 5.15. The Morgan fingerprint density at radius 1 is 0.900 bits per heavy atom. The predicted molar refractivity (Wildman–Crippen MR) is 116 cm³/mol. The van der Waals surface area contributed by atoms with E-state index in [1.807, 2.05) is 0 Å². The Morgan fingerprint density at radius 3 is 2.27 bits per heavy atom. The summed E-state index contributed by atoms with van der Waals surface area (Å²) in [5, 5.41) is 1.43. The van der Waals surface area contributed by atoms with Gasteiger partial charge in [0.15, 0.2) is 0 Å². The fraction of sp³-hybridized carbons (Fsp3) is 0.0870. The Hall–Kier alpha value is -3.15. The zero-order chi connectivity index (χ0) is 21.1. The van der Waals surface area contributed by atoms with Gasteiger partial charge < -0.3 is 18.6 Å². The first-order valence-electron chi connectivity index (χ1n) is 8.98. The fourth-order valence-electron chi connectivity index (χ4n) is 2.85. The van der Waals surface area contributed by atoms with Crippen molar-refractivity contribution < 1.29 is 18.6 Å². The van der Waals surface area contributed by atoms with Crippen molar-refractivity contribution in [3.8, 4) is 23.0 Å². The van der Waals surface area contributed by atoms with Crippen LogP contribution in [-0.4, -0.2) is 7.11 Å². The van der Waals surface area contributed by atoms with Crippen LogP contribution in [0.25, 0.3) is 11.0 Å². The highest BCUT2D eigenvalue weighted by Gasteiger charge is 2.12. The standard InChI is InChI=1S/C23H16Cl2O5/c1-27-14-5-7-15(8-6-14)30-22-13-29-21-11-16(9-10-17(21)23(22)26)28-12-18-19(24)3-2-4-20(18)25/h2-11,13H,12H2,1H3. The zero-order valence-corrected chi connectivity index (χ0v) is 17.4. The number of halogens is 2. The average molecular weight is 443 g/mol. The summed E-state index contributed by atoms with van der Waals surface area (Å²) in [5.74, 6) is 1.80. The molecular formula is C23H16Cl2O5. The molecule has 3 aromatic carbocycles. The Balaban J connectivity index is 1.55. The highest BCUT2D eigenvalue weighted by molar-refractivity contribution is 6.35. The molecule has 30 heavy (non-hydrogen) atoms. The molecule has 0 unspecified atom stereocenters. The van der Waals surface area contributed by atoms with Crippen LogP contribution in [0.4, 0.5) is 0 Å². The molecule has 0 aliphatic rings. The van der Waals surface area contributed by atoms with Crippen molar-refractivity contribution in [2.45, 2.75) is 6.61 Å². The number of fused-ring (bicyclic) bond motifs is 1. The Kier molecular flexibility index (Phi) is 5.84. The van der Waals surface area contributed by atoms with Crippen molar-refractivity contribution in [1.82, 2.24) is 0 Å². The molecule has 0 aliphatic heterocycles. The van der Waals surface area contributed by atoms with Crippen LogP contribution < -0.4 is 19.6 Å². The minimum Gasteiger partial charge on any atom is -0.497 e. The van der Waals surface area contributed by atoms with Gasteiger partial charge >= 0.3 is 0 Å². The number of rotatable bonds is 6. The van der Waals surface area contributed by atoms with Crippen LogP contribution in [0.1, 0.15) is 5.56 Å². The lowest BCUT2D eigenvalue weighted by molar-refractivity contribution is 0.306. The largest absolute Gasteiger partial charge is 0.497 e. The first kappa shape index (κ1) is 20.1. The van der Waals surface area contributed by atoms with Gasteiger partial charge in [-0.05, 0) is 48.5 Å². The number of hydrogen-bond acceptors (Lipinski definition) is 5. The van der Waals surface area contributed by atoms with Gasteiger partial charge in [0.05, 0.1) is 12.5 Å². The van der Waals surface area contributed by atoms with Gasteiger partial charge in [-0.15, -0.1) is 0 Å².